The van der Waals surface area contributed by atoms with Gasteiger partial charge in [-0.15, -0.1) is 0 Å². The summed E-state index contributed by atoms with van der Waals surface area (Å²) in [6.45, 7) is 0.414. The first-order chi connectivity index (χ1) is 14.5. The lowest BCUT2D eigenvalue weighted by atomic mass is 10.0. The Bertz CT molecular complexity index is 1140. The Morgan fingerprint density at radius 2 is 1.70 bits per heavy atom. The number of benzene rings is 3. The molecule has 3 aromatic carbocycles. The number of halogens is 2. The van der Waals surface area contributed by atoms with Gasteiger partial charge in [0.2, 0.25) is 0 Å². The maximum atomic E-state index is 12.2. The molecule has 0 saturated carbocycles. The van der Waals surface area contributed by atoms with Crippen LogP contribution in [0.1, 0.15) is 11.1 Å². The fraction of sp³-hybridized carbons (Fsp3) is 0.0435. The number of ether oxygens (including phenoxy) is 1. The zero-order valence-corrected chi connectivity index (χ0v) is 18.7. The highest BCUT2D eigenvalue weighted by molar-refractivity contribution is 8.26. The summed E-state index contributed by atoms with van der Waals surface area (Å²) in [6, 6.07) is 21.0. The van der Waals surface area contributed by atoms with Crippen molar-refractivity contribution in [2.45, 2.75) is 6.61 Å². The van der Waals surface area contributed by atoms with Crippen molar-refractivity contribution in [3.05, 3.63) is 92.8 Å². The predicted molar refractivity (Wildman–Crippen MR) is 129 cm³/mol. The molecular weight excluding hydrogens is 457 g/mol. The van der Waals surface area contributed by atoms with Crippen LogP contribution in [0.3, 0.4) is 0 Å². The summed E-state index contributed by atoms with van der Waals surface area (Å²) in [5.74, 6) is 0.449. The molecular formula is C23H15Cl2NO2S2. The molecule has 1 amide bonds. The lowest BCUT2D eigenvalue weighted by Crippen LogP contribution is -2.17. The molecule has 0 aromatic heterocycles. The standard InChI is InChI=1S/C23H15Cl2NO2S2/c24-18-9-16(10-19(25)12-18)15-6-7-20(28-13-14-4-2-1-3-5-14)17(8-15)11-21-22(27)26-23(29)30-21/h1-12H,13H2,(H,26,27,29). The minimum Gasteiger partial charge on any atom is -0.488 e. The third kappa shape index (κ3) is 5.05. The van der Waals surface area contributed by atoms with Crippen LogP contribution in [0.5, 0.6) is 5.75 Å². The fourth-order valence-electron chi connectivity index (χ4n) is 2.99. The first-order valence-corrected chi connectivity index (χ1v) is 11.0. The van der Waals surface area contributed by atoms with E-state index in [1.807, 2.05) is 60.7 Å². The largest absolute Gasteiger partial charge is 0.488 e. The molecule has 150 valence electrons. The van der Waals surface area contributed by atoms with E-state index in [0.717, 1.165) is 22.3 Å². The summed E-state index contributed by atoms with van der Waals surface area (Å²) in [5, 5.41) is 3.74. The highest BCUT2D eigenvalue weighted by atomic mass is 35.5. The van der Waals surface area contributed by atoms with Crippen LogP contribution in [-0.4, -0.2) is 10.2 Å². The molecule has 0 radical (unpaired) electrons. The Balaban J connectivity index is 1.72. The number of rotatable bonds is 5. The van der Waals surface area contributed by atoms with Crippen molar-refractivity contribution in [1.29, 1.82) is 0 Å². The van der Waals surface area contributed by atoms with Crippen molar-refractivity contribution in [2.75, 3.05) is 0 Å². The molecule has 0 atom stereocenters. The summed E-state index contributed by atoms with van der Waals surface area (Å²) < 4.78 is 6.50. The smallest absolute Gasteiger partial charge is 0.263 e. The van der Waals surface area contributed by atoms with Gasteiger partial charge in [-0.25, -0.2) is 0 Å². The summed E-state index contributed by atoms with van der Waals surface area (Å²) in [5.41, 5.74) is 3.60. The Labute approximate surface area is 194 Å². The van der Waals surface area contributed by atoms with Gasteiger partial charge in [-0.1, -0.05) is 83.6 Å². The van der Waals surface area contributed by atoms with Gasteiger partial charge in [0.1, 0.15) is 16.7 Å². The van der Waals surface area contributed by atoms with E-state index in [1.54, 1.807) is 12.1 Å². The number of hydrogen-bond donors (Lipinski definition) is 1. The Kier molecular flexibility index (Phi) is 6.44. The highest BCUT2D eigenvalue weighted by Gasteiger charge is 2.22. The molecule has 4 rings (SSSR count). The van der Waals surface area contributed by atoms with Gasteiger partial charge in [0.25, 0.3) is 5.91 Å². The molecule has 1 N–H and O–H groups in total. The van der Waals surface area contributed by atoms with Crippen LogP contribution in [0.2, 0.25) is 10.0 Å². The van der Waals surface area contributed by atoms with E-state index in [1.165, 1.54) is 11.8 Å². The van der Waals surface area contributed by atoms with E-state index in [4.69, 9.17) is 40.2 Å². The monoisotopic (exact) mass is 471 g/mol. The van der Waals surface area contributed by atoms with Crippen molar-refractivity contribution in [3.8, 4) is 16.9 Å². The molecule has 0 spiro atoms. The first kappa shape index (κ1) is 20.9. The molecule has 0 unspecified atom stereocenters. The topological polar surface area (TPSA) is 38.3 Å². The minimum atomic E-state index is -0.213. The van der Waals surface area contributed by atoms with Crippen molar-refractivity contribution < 1.29 is 9.53 Å². The van der Waals surface area contributed by atoms with Gasteiger partial charge in [-0.2, -0.15) is 0 Å². The van der Waals surface area contributed by atoms with Crippen molar-refractivity contribution in [1.82, 2.24) is 5.32 Å². The minimum absolute atomic E-state index is 0.213. The number of carbonyl (C=O) groups excluding carboxylic acids is 1. The highest BCUT2D eigenvalue weighted by Crippen LogP contribution is 2.34. The molecule has 3 aromatic rings. The first-order valence-electron chi connectivity index (χ1n) is 9.00. The van der Waals surface area contributed by atoms with Gasteiger partial charge in [0, 0.05) is 15.6 Å². The van der Waals surface area contributed by atoms with Crippen molar-refractivity contribution in [2.24, 2.45) is 0 Å². The fourth-order valence-corrected chi connectivity index (χ4v) is 4.55. The van der Waals surface area contributed by atoms with E-state index in [-0.39, 0.29) is 5.91 Å². The number of carbonyl (C=O) groups is 1. The molecule has 7 heteroatoms. The predicted octanol–water partition coefficient (Wildman–Crippen LogP) is 6.73. The van der Waals surface area contributed by atoms with E-state index < -0.39 is 0 Å². The van der Waals surface area contributed by atoms with E-state index >= 15 is 0 Å². The number of thiocarbonyl (C=S) groups is 1. The van der Waals surface area contributed by atoms with E-state index in [9.17, 15) is 4.79 Å². The van der Waals surface area contributed by atoms with Crippen LogP contribution in [0.4, 0.5) is 0 Å². The molecule has 30 heavy (non-hydrogen) atoms. The molecule has 0 bridgehead atoms. The van der Waals surface area contributed by atoms with Crippen LogP contribution < -0.4 is 10.1 Å². The van der Waals surface area contributed by atoms with Gasteiger partial charge >= 0.3 is 0 Å². The number of hydrogen-bond acceptors (Lipinski definition) is 4. The Morgan fingerprint density at radius 3 is 2.37 bits per heavy atom. The summed E-state index contributed by atoms with van der Waals surface area (Å²) in [6.07, 6.45) is 1.79. The van der Waals surface area contributed by atoms with Crippen molar-refractivity contribution >= 4 is 63.5 Å². The Hall–Kier alpha value is -2.31. The lowest BCUT2D eigenvalue weighted by molar-refractivity contribution is -0.115. The van der Waals surface area contributed by atoms with Gasteiger partial charge in [0.15, 0.2) is 0 Å². The number of amides is 1. The van der Waals surface area contributed by atoms with Crippen LogP contribution in [-0.2, 0) is 11.4 Å². The molecule has 1 fully saturated rings. The second-order valence-corrected chi connectivity index (χ2v) is 9.13. The van der Waals surface area contributed by atoms with Crippen LogP contribution in [0.15, 0.2) is 71.6 Å². The second-order valence-electron chi connectivity index (χ2n) is 6.54. The zero-order chi connectivity index (χ0) is 21.1. The second kappa shape index (κ2) is 9.23. The van der Waals surface area contributed by atoms with Gasteiger partial charge < -0.3 is 10.1 Å². The number of thioether (sulfide) groups is 1. The molecule has 3 nitrogen and oxygen atoms in total. The van der Waals surface area contributed by atoms with Crippen LogP contribution in [0, 0.1) is 0 Å². The van der Waals surface area contributed by atoms with E-state index in [2.05, 4.69) is 5.32 Å². The van der Waals surface area contributed by atoms with E-state index in [0.29, 0.717) is 31.6 Å². The normalized spacial score (nSPS) is 14.8. The molecule has 0 aliphatic carbocycles. The third-order valence-corrected chi connectivity index (χ3v) is 5.97. The summed E-state index contributed by atoms with van der Waals surface area (Å²) in [4.78, 5) is 12.7. The number of nitrogens with one attached hydrogen (secondary N) is 1. The average molecular weight is 472 g/mol. The molecule has 1 aliphatic heterocycles. The molecule has 1 heterocycles. The quantitative estimate of drug-likeness (QED) is 0.330. The van der Waals surface area contributed by atoms with Gasteiger partial charge in [-0.3, -0.25) is 4.79 Å². The maximum Gasteiger partial charge on any atom is 0.263 e. The van der Waals surface area contributed by atoms with Crippen LogP contribution in [0.25, 0.3) is 17.2 Å². The van der Waals surface area contributed by atoms with Crippen molar-refractivity contribution in [3.63, 3.8) is 0 Å². The molecule has 1 aliphatic rings. The Morgan fingerprint density at radius 1 is 0.967 bits per heavy atom. The molecule has 1 saturated heterocycles. The summed E-state index contributed by atoms with van der Waals surface area (Å²) >= 11 is 18.7. The summed E-state index contributed by atoms with van der Waals surface area (Å²) in [7, 11) is 0. The lowest BCUT2D eigenvalue weighted by Gasteiger charge is -2.12. The maximum absolute atomic E-state index is 12.2. The third-order valence-electron chi connectivity index (χ3n) is 4.37. The van der Waals surface area contributed by atoms with Crippen LogP contribution >= 0.6 is 47.2 Å². The van der Waals surface area contributed by atoms with Gasteiger partial charge in [0.05, 0.1) is 4.91 Å². The van der Waals surface area contributed by atoms with Gasteiger partial charge in [-0.05, 0) is 53.1 Å². The SMILES string of the molecule is O=C1NC(=S)SC1=Cc1cc(-c2cc(Cl)cc(Cl)c2)ccc1OCc1ccccc1. The average Bonchev–Trinajstić information content (AvgIpc) is 3.03. The zero-order valence-electron chi connectivity index (χ0n) is 15.5.